The average molecular weight is 675 g/mol. The maximum atomic E-state index is 15.0. The number of hydrogen-bond donors (Lipinski definition) is 3. The fourth-order valence-corrected chi connectivity index (χ4v) is 8.27. The van der Waals surface area contributed by atoms with Gasteiger partial charge in [-0.2, -0.15) is 9.91 Å². The number of urea groups is 1. The Labute approximate surface area is 277 Å². The maximum absolute atomic E-state index is 15.0. The normalized spacial score (nSPS) is 27.8. The fourth-order valence-electron chi connectivity index (χ4n) is 8.27. The summed E-state index contributed by atoms with van der Waals surface area (Å²) in [4.78, 5) is 69.1. The molecule has 252 valence electrons. The molecule has 6 atom stereocenters. The van der Waals surface area contributed by atoms with Crippen LogP contribution in [-0.2, 0) is 24.6 Å². The molecule has 2 heterocycles. The zero-order chi connectivity index (χ0) is 35.0. The Hall–Kier alpha value is -5.66. The van der Waals surface area contributed by atoms with Crippen molar-refractivity contribution in [2.45, 2.75) is 37.5 Å². The molecule has 0 aromatic heterocycles. The summed E-state index contributed by atoms with van der Waals surface area (Å²) >= 11 is 0. The van der Waals surface area contributed by atoms with E-state index >= 15 is 4.79 Å². The third-order valence-electron chi connectivity index (χ3n) is 10.2. The summed E-state index contributed by atoms with van der Waals surface area (Å²) < 4.78 is 44.5. The summed E-state index contributed by atoms with van der Waals surface area (Å²) in [6.07, 6.45) is -3.68. The molecule has 3 aromatic carbocycles. The van der Waals surface area contributed by atoms with Crippen molar-refractivity contribution >= 4 is 35.3 Å². The van der Waals surface area contributed by atoms with E-state index in [2.05, 4.69) is 10.2 Å². The van der Waals surface area contributed by atoms with E-state index in [-0.39, 0.29) is 18.4 Å². The van der Waals surface area contributed by atoms with Gasteiger partial charge in [-0.05, 0) is 61.6 Å². The van der Waals surface area contributed by atoms with Crippen LogP contribution in [0.15, 0.2) is 84.4 Å². The smallest absolute Gasteiger partial charge is 0.508 e. The van der Waals surface area contributed by atoms with Gasteiger partial charge in [0.25, 0.3) is 11.8 Å². The number of allylic oxidation sites excluding steroid dienone is 2. The SMILES string of the molecule is Cc1ccc(NN2C(=O)[C@@H]3C[C@@H]4C(=CC[C@@H]5C(=O)N(C(N)=O)C(=O)[C@@H]54)[C@H](c4cc(OC(F)(F)F)ccc4O)[C@]3(c3ccccc3)C2=O)cc1. The van der Waals surface area contributed by atoms with Crippen LogP contribution in [0.1, 0.15) is 35.4 Å². The number of likely N-dealkylation sites (tertiary alicyclic amines) is 1. The van der Waals surface area contributed by atoms with Crippen molar-refractivity contribution < 1.29 is 47.0 Å². The molecule has 0 radical (unpaired) electrons. The largest absolute Gasteiger partial charge is 0.573 e. The summed E-state index contributed by atoms with van der Waals surface area (Å²) in [6, 6.07) is 16.8. The molecule has 0 spiro atoms. The molecule has 7 rings (SSSR count). The molecule has 4 aliphatic rings. The number of nitrogens with one attached hydrogen (secondary N) is 1. The fraction of sp³-hybridized carbons (Fsp3) is 0.286. The molecule has 6 amide bonds. The number of phenols is 1. The number of carbonyl (C=O) groups excluding carboxylic acids is 5. The Morgan fingerprint density at radius 1 is 0.959 bits per heavy atom. The van der Waals surface area contributed by atoms with Crippen LogP contribution in [0.5, 0.6) is 11.5 Å². The first kappa shape index (κ1) is 31.9. The molecule has 4 N–H and O–H groups in total. The first-order valence-electron chi connectivity index (χ1n) is 15.5. The third kappa shape index (κ3) is 4.84. The summed E-state index contributed by atoms with van der Waals surface area (Å²) in [5.74, 6) is -9.94. The first-order valence-corrected chi connectivity index (χ1v) is 15.5. The number of hydrazine groups is 1. The van der Waals surface area contributed by atoms with Crippen molar-refractivity contribution in [1.82, 2.24) is 9.91 Å². The Balaban J connectivity index is 1.48. The molecule has 14 heteroatoms. The van der Waals surface area contributed by atoms with Gasteiger partial charge < -0.3 is 15.6 Å². The number of imide groups is 4. The van der Waals surface area contributed by atoms with E-state index in [1.54, 1.807) is 60.7 Å². The Morgan fingerprint density at radius 2 is 1.65 bits per heavy atom. The molecule has 49 heavy (non-hydrogen) atoms. The van der Waals surface area contributed by atoms with Crippen molar-refractivity contribution in [1.29, 1.82) is 0 Å². The maximum Gasteiger partial charge on any atom is 0.573 e. The Kier molecular flexibility index (Phi) is 7.30. The van der Waals surface area contributed by atoms with Crippen LogP contribution < -0.4 is 15.9 Å². The lowest BCUT2D eigenvalue weighted by atomic mass is 9.49. The number of benzene rings is 3. The van der Waals surface area contributed by atoms with E-state index in [4.69, 9.17) is 5.73 Å². The average Bonchev–Trinajstić information content (AvgIpc) is 3.44. The van der Waals surface area contributed by atoms with Crippen LogP contribution in [0.2, 0.25) is 0 Å². The number of nitrogens with zero attached hydrogens (tertiary/aromatic N) is 2. The lowest BCUT2D eigenvalue weighted by molar-refractivity contribution is -0.274. The molecule has 1 saturated carbocycles. The number of halogens is 3. The number of fused-ring (bicyclic) bond motifs is 4. The molecular formula is C35H29F3N4O7. The lowest BCUT2D eigenvalue weighted by Gasteiger charge is -2.50. The second-order valence-electron chi connectivity index (χ2n) is 12.7. The number of anilines is 1. The van der Waals surface area contributed by atoms with Gasteiger partial charge in [0, 0.05) is 11.5 Å². The van der Waals surface area contributed by atoms with Gasteiger partial charge in [-0.3, -0.25) is 24.6 Å². The highest BCUT2D eigenvalue weighted by Crippen LogP contribution is 2.65. The second kappa shape index (κ2) is 11.2. The van der Waals surface area contributed by atoms with Gasteiger partial charge in [-0.25, -0.2) is 4.79 Å². The lowest BCUT2D eigenvalue weighted by Crippen LogP contribution is -2.53. The summed E-state index contributed by atoms with van der Waals surface area (Å²) in [5, 5.41) is 12.2. The minimum absolute atomic E-state index is 0.0656. The van der Waals surface area contributed by atoms with E-state index in [0.717, 1.165) is 28.8 Å². The number of hydrogen-bond acceptors (Lipinski definition) is 8. The van der Waals surface area contributed by atoms with Gasteiger partial charge >= 0.3 is 12.4 Å². The number of primary amides is 1. The van der Waals surface area contributed by atoms with Crippen LogP contribution >= 0.6 is 0 Å². The molecule has 0 unspecified atom stereocenters. The number of amides is 6. The Morgan fingerprint density at radius 3 is 2.31 bits per heavy atom. The van der Waals surface area contributed by atoms with Crippen LogP contribution in [-0.4, -0.2) is 51.0 Å². The zero-order valence-electron chi connectivity index (χ0n) is 25.8. The van der Waals surface area contributed by atoms with E-state index in [1.165, 1.54) is 0 Å². The minimum Gasteiger partial charge on any atom is -0.508 e. The van der Waals surface area contributed by atoms with Crippen LogP contribution in [0.4, 0.5) is 23.7 Å². The van der Waals surface area contributed by atoms with Gasteiger partial charge in [0.05, 0.1) is 28.9 Å². The van der Waals surface area contributed by atoms with Crippen LogP contribution in [0.25, 0.3) is 0 Å². The first-order chi connectivity index (χ1) is 23.2. The molecule has 2 aliphatic carbocycles. The number of phenolic OH excluding ortho intramolecular Hbond substituents is 1. The van der Waals surface area contributed by atoms with Gasteiger partial charge in [-0.15, -0.1) is 13.2 Å². The van der Waals surface area contributed by atoms with Crippen molar-refractivity contribution in [3.63, 3.8) is 0 Å². The van der Waals surface area contributed by atoms with Gasteiger partial charge in [0.15, 0.2) is 0 Å². The summed E-state index contributed by atoms with van der Waals surface area (Å²) in [5.41, 5.74) is 8.31. The summed E-state index contributed by atoms with van der Waals surface area (Å²) in [7, 11) is 0. The van der Waals surface area contributed by atoms with E-state index in [0.29, 0.717) is 21.7 Å². The van der Waals surface area contributed by atoms with Crippen molar-refractivity contribution in [2.24, 2.45) is 29.4 Å². The number of nitrogens with two attached hydrogens (primary N) is 1. The molecule has 3 fully saturated rings. The van der Waals surface area contributed by atoms with Crippen molar-refractivity contribution in [3.05, 3.63) is 101 Å². The second-order valence-corrected chi connectivity index (χ2v) is 12.7. The van der Waals surface area contributed by atoms with Crippen molar-refractivity contribution in [2.75, 3.05) is 5.43 Å². The molecule has 2 saturated heterocycles. The third-order valence-corrected chi connectivity index (χ3v) is 10.2. The number of alkyl halides is 3. The highest BCUT2D eigenvalue weighted by molar-refractivity contribution is 6.17. The van der Waals surface area contributed by atoms with E-state index < -0.39 is 82.5 Å². The molecule has 0 bridgehead atoms. The number of aromatic hydroxyl groups is 1. The predicted molar refractivity (Wildman–Crippen MR) is 165 cm³/mol. The van der Waals surface area contributed by atoms with E-state index in [9.17, 15) is 37.5 Å². The highest BCUT2D eigenvalue weighted by Gasteiger charge is 2.71. The standard InChI is InChI=1S/C35H29F3N4O7/c1-17-7-9-19(10-8-17)40-42-30(45)25-16-23-21(12-13-22-27(23)31(46)41(29(22)44)33(39)48)28(34(25,32(42)47)18-5-3-2-4-6-18)24-15-20(11-14-26(24)43)49-35(36,37)38/h2-12,14-15,22-23,25,27-28,40,43H,13,16H2,1H3,(H2,39,48)/t22-,23+,25-,27-,28+,34+/m0/s1. The van der Waals surface area contributed by atoms with Crippen LogP contribution in [0, 0.1) is 30.6 Å². The van der Waals surface area contributed by atoms with Crippen LogP contribution in [0.3, 0.4) is 0 Å². The minimum atomic E-state index is -5.09. The van der Waals surface area contributed by atoms with E-state index in [1.807, 2.05) is 6.92 Å². The zero-order valence-corrected chi connectivity index (χ0v) is 25.8. The molecule has 11 nitrogen and oxygen atoms in total. The quantitative estimate of drug-likeness (QED) is 0.260. The molecular weight excluding hydrogens is 645 g/mol. The molecule has 2 aliphatic heterocycles. The predicted octanol–water partition coefficient (Wildman–Crippen LogP) is 4.66. The number of carbonyl (C=O) groups is 5. The van der Waals surface area contributed by atoms with Gasteiger partial charge in [0.2, 0.25) is 11.8 Å². The Bertz CT molecular complexity index is 1950. The monoisotopic (exact) mass is 674 g/mol. The summed E-state index contributed by atoms with van der Waals surface area (Å²) in [6.45, 7) is 1.86. The number of ether oxygens (including phenoxy) is 1. The van der Waals surface area contributed by atoms with Crippen molar-refractivity contribution in [3.8, 4) is 11.5 Å². The molecule has 3 aromatic rings. The van der Waals surface area contributed by atoms with Gasteiger partial charge in [0.1, 0.15) is 11.5 Å². The topological polar surface area (TPSA) is 159 Å². The number of rotatable bonds is 5. The number of aryl methyl sites for hydroxylation is 1. The van der Waals surface area contributed by atoms with Gasteiger partial charge in [-0.1, -0.05) is 59.7 Å². The highest BCUT2D eigenvalue weighted by atomic mass is 19.4.